The molecule has 0 bridgehead atoms. The quantitative estimate of drug-likeness (QED) is 0.674. The second kappa shape index (κ2) is 5.66. The van der Waals surface area contributed by atoms with Crippen molar-refractivity contribution in [3.8, 4) is 0 Å². The van der Waals surface area contributed by atoms with Crippen LogP contribution in [0.25, 0.3) is 0 Å². The van der Waals surface area contributed by atoms with E-state index in [4.69, 9.17) is 0 Å². The van der Waals surface area contributed by atoms with Gasteiger partial charge in [-0.2, -0.15) is 0 Å². The average molecular weight is 270 g/mol. The number of rotatable bonds is 4. The molecule has 3 nitrogen and oxygen atoms in total. The van der Waals surface area contributed by atoms with Crippen molar-refractivity contribution in [1.82, 2.24) is 0 Å². The van der Waals surface area contributed by atoms with E-state index in [0.29, 0.717) is 5.69 Å². The lowest BCUT2D eigenvalue weighted by molar-refractivity contribution is -0.123. The van der Waals surface area contributed by atoms with Crippen LogP contribution in [0.4, 0.5) is 5.69 Å². The predicted molar refractivity (Wildman–Crippen MR) is 63.2 cm³/mol. The van der Waals surface area contributed by atoms with E-state index in [1.54, 1.807) is 0 Å². The molecule has 1 N–H and O–H groups in total. The fourth-order valence-electron chi connectivity index (χ4n) is 1.07. The molecule has 4 heteroatoms. The Labute approximate surface area is 97.0 Å². The van der Waals surface area contributed by atoms with E-state index in [0.717, 1.165) is 5.56 Å². The van der Waals surface area contributed by atoms with Gasteiger partial charge in [0.1, 0.15) is 0 Å². The summed E-state index contributed by atoms with van der Waals surface area (Å²) in [6.45, 7) is 1.97. The van der Waals surface area contributed by atoms with Crippen LogP contribution in [-0.2, 0) is 9.59 Å². The molecule has 0 atom stereocenters. The van der Waals surface area contributed by atoms with Gasteiger partial charge >= 0.3 is 0 Å². The number of nitrogens with one attached hydrogen (secondary N) is 1. The number of Topliss-reactive ketones (excluding diaryl/α,β-unsaturated/α-hetero) is 1. The van der Waals surface area contributed by atoms with Gasteiger partial charge in [-0.15, -0.1) is 0 Å². The van der Waals surface area contributed by atoms with Crippen LogP contribution >= 0.6 is 15.9 Å². The number of aryl methyl sites for hydroxylation is 1. The number of carbonyl (C=O) groups is 2. The average Bonchev–Trinajstić information content (AvgIpc) is 2.21. The number of halogens is 1. The van der Waals surface area contributed by atoms with E-state index < -0.39 is 0 Å². The summed E-state index contributed by atoms with van der Waals surface area (Å²) in [5.41, 5.74) is 1.84. The zero-order valence-corrected chi connectivity index (χ0v) is 10.0. The number of hydrogen-bond donors (Lipinski definition) is 1. The summed E-state index contributed by atoms with van der Waals surface area (Å²) in [6.07, 6.45) is -0.0842. The number of amides is 1. The van der Waals surface area contributed by atoms with Gasteiger partial charge < -0.3 is 5.32 Å². The first kappa shape index (κ1) is 11.9. The zero-order valence-electron chi connectivity index (χ0n) is 8.42. The molecule has 1 aromatic carbocycles. The molecular formula is C11H12BrNO2. The van der Waals surface area contributed by atoms with E-state index in [-0.39, 0.29) is 23.4 Å². The van der Waals surface area contributed by atoms with E-state index >= 15 is 0 Å². The molecule has 0 fully saturated rings. The smallest absolute Gasteiger partial charge is 0.231 e. The molecule has 15 heavy (non-hydrogen) atoms. The Morgan fingerprint density at radius 3 is 2.40 bits per heavy atom. The third-order valence-electron chi connectivity index (χ3n) is 1.84. The van der Waals surface area contributed by atoms with Gasteiger partial charge in [0.05, 0.1) is 11.8 Å². The molecule has 0 spiro atoms. The van der Waals surface area contributed by atoms with Gasteiger partial charge in [-0.1, -0.05) is 33.6 Å². The number of anilines is 1. The third-order valence-corrected chi connectivity index (χ3v) is 2.47. The van der Waals surface area contributed by atoms with Gasteiger partial charge in [0.25, 0.3) is 0 Å². The first-order valence-corrected chi connectivity index (χ1v) is 5.68. The Kier molecular flexibility index (Phi) is 4.49. The van der Waals surface area contributed by atoms with Gasteiger partial charge in [0.2, 0.25) is 5.91 Å². The van der Waals surface area contributed by atoms with Crippen LogP contribution in [-0.4, -0.2) is 17.0 Å². The molecule has 0 saturated carbocycles. The molecule has 0 heterocycles. The van der Waals surface area contributed by atoms with Crippen molar-refractivity contribution in [2.75, 3.05) is 10.6 Å². The van der Waals surface area contributed by atoms with Gasteiger partial charge in [-0.25, -0.2) is 0 Å². The summed E-state index contributed by atoms with van der Waals surface area (Å²) in [5.74, 6) is -0.400. The first-order valence-electron chi connectivity index (χ1n) is 4.56. The van der Waals surface area contributed by atoms with Crippen molar-refractivity contribution >= 4 is 33.3 Å². The molecule has 0 aliphatic heterocycles. The summed E-state index contributed by atoms with van der Waals surface area (Å²) in [7, 11) is 0. The minimum atomic E-state index is -0.275. The molecule has 80 valence electrons. The third kappa shape index (κ3) is 4.25. The maximum atomic E-state index is 11.3. The summed E-state index contributed by atoms with van der Waals surface area (Å²) >= 11 is 3.01. The number of alkyl halides is 1. The van der Waals surface area contributed by atoms with Crippen molar-refractivity contribution in [3.05, 3.63) is 29.8 Å². The summed E-state index contributed by atoms with van der Waals surface area (Å²) in [6, 6.07) is 7.43. The van der Waals surface area contributed by atoms with Crippen LogP contribution in [0.15, 0.2) is 24.3 Å². The maximum Gasteiger partial charge on any atom is 0.231 e. The van der Waals surface area contributed by atoms with Gasteiger partial charge in [0, 0.05) is 5.69 Å². The van der Waals surface area contributed by atoms with Crippen LogP contribution in [0.2, 0.25) is 0 Å². The normalized spacial score (nSPS) is 9.73. The Morgan fingerprint density at radius 1 is 1.27 bits per heavy atom. The van der Waals surface area contributed by atoms with Gasteiger partial charge in [0.15, 0.2) is 5.78 Å². The predicted octanol–water partition coefficient (Wildman–Crippen LogP) is 2.29. The van der Waals surface area contributed by atoms with Gasteiger partial charge in [-0.05, 0) is 19.1 Å². The topological polar surface area (TPSA) is 46.2 Å². The van der Waals surface area contributed by atoms with Crippen molar-refractivity contribution in [1.29, 1.82) is 0 Å². The molecule has 0 aromatic heterocycles. The van der Waals surface area contributed by atoms with Crippen LogP contribution in [0.3, 0.4) is 0 Å². The molecule has 1 rings (SSSR count). The second-order valence-corrected chi connectivity index (χ2v) is 3.82. The molecular weight excluding hydrogens is 258 g/mol. The summed E-state index contributed by atoms with van der Waals surface area (Å²) in [4.78, 5) is 22.3. The standard InChI is InChI=1S/C11H12BrNO2/c1-8-2-4-9(5-3-8)13-11(15)6-10(14)7-12/h2-5H,6-7H2,1H3,(H,13,15). The Hall–Kier alpha value is -1.16. The highest BCUT2D eigenvalue weighted by molar-refractivity contribution is 9.09. The number of hydrogen-bond acceptors (Lipinski definition) is 2. The van der Waals surface area contributed by atoms with E-state index in [1.807, 2.05) is 31.2 Å². The summed E-state index contributed by atoms with van der Waals surface area (Å²) < 4.78 is 0. The van der Waals surface area contributed by atoms with E-state index in [9.17, 15) is 9.59 Å². The molecule has 0 radical (unpaired) electrons. The Balaban J connectivity index is 2.51. The highest BCUT2D eigenvalue weighted by atomic mass is 79.9. The molecule has 1 aromatic rings. The molecule has 0 aliphatic rings. The lowest BCUT2D eigenvalue weighted by atomic mass is 10.2. The minimum absolute atomic E-state index is 0.0842. The largest absolute Gasteiger partial charge is 0.326 e. The molecule has 0 aliphatic carbocycles. The number of benzene rings is 1. The fourth-order valence-corrected chi connectivity index (χ4v) is 1.27. The number of carbonyl (C=O) groups excluding carboxylic acids is 2. The molecule has 0 saturated heterocycles. The zero-order chi connectivity index (χ0) is 11.3. The SMILES string of the molecule is Cc1ccc(NC(=O)CC(=O)CBr)cc1. The first-order chi connectivity index (χ1) is 7.11. The van der Waals surface area contributed by atoms with Crippen LogP contribution < -0.4 is 5.32 Å². The fraction of sp³-hybridized carbons (Fsp3) is 0.273. The van der Waals surface area contributed by atoms with Crippen molar-refractivity contribution < 1.29 is 9.59 Å². The van der Waals surface area contributed by atoms with E-state index in [2.05, 4.69) is 21.2 Å². The monoisotopic (exact) mass is 269 g/mol. The van der Waals surface area contributed by atoms with Crippen molar-refractivity contribution in [2.24, 2.45) is 0 Å². The maximum absolute atomic E-state index is 11.3. The lowest BCUT2D eigenvalue weighted by Crippen LogP contribution is -2.16. The second-order valence-electron chi connectivity index (χ2n) is 3.26. The molecule has 0 unspecified atom stereocenters. The highest BCUT2D eigenvalue weighted by Crippen LogP contribution is 2.08. The number of ketones is 1. The van der Waals surface area contributed by atoms with Crippen molar-refractivity contribution in [2.45, 2.75) is 13.3 Å². The van der Waals surface area contributed by atoms with Crippen LogP contribution in [0.1, 0.15) is 12.0 Å². The minimum Gasteiger partial charge on any atom is -0.326 e. The van der Waals surface area contributed by atoms with Crippen molar-refractivity contribution in [3.63, 3.8) is 0 Å². The van der Waals surface area contributed by atoms with E-state index in [1.165, 1.54) is 0 Å². The highest BCUT2D eigenvalue weighted by Gasteiger charge is 2.07. The lowest BCUT2D eigenvalue weighted by Gasteiger charge is -2.03. The van der Waals surface area contributed by atoms with Gasteiger partial charge in [-0.3, -0.25) is 9.59 Å². The summed E-state index contributed by atoms with van der Waals surface area (Å²) in [5, 5.41) is 2.87. The Morgan fingerprint density at radius 2 is 1.87 bits per heavy atom. The molecule has 1 amide bonds. The Bertz CT molecular complexity index is 359. The van der Waals surface area contributed by atoms with Crippen LogP contribution in [0.5, 0.6) is 0 Å². The van der Waals surface area contributed by atoms with Crippen LogP contribution in [0, 0.1) is 6.92 Å².